The molecule has 2 aromatic heterocycles. The number of aryl methyl sites for hydroxylation is 3. The highest BCUT2D eigenvalue weighted by molar-refractivity contribution is 5.93. The molecule has 0 amide bonds. The van der Waals surface area contributed by atoms with Crippen molar-refractivity contribution >= 4 is 22.8 Å². The van der Waals surface area contributed by atoms with Gasteiger partial charge in [-0.1, -0.05) is 31.2 Å². The van der Waals surface area contributed by atoms with Gasteiger partial charge in [-0.15, -0.1) is 0 Å². The standard InChI is InChI=1S/C26H25N3/c1-15-9-21-6-5-19(12-24(21)27-14-15)20-7-8-23-18(4)26(29-25(23)13-20)22-10-16(2)28-17(3)11-22/h5-8,10-15,29H,9H2,1-4H3. The number of benzene rings is 2. The zero-order chi connectivity index (χ0) is 20.1. The second-order valence-corrected chi connectivity index (χ2v) is 8.33. The summed E-state index contributed by atoms with van der Waals surface area (Å²) < 4.78 is 0. The molecule has 1 N–H and O–H groups in total. The van der Waals surface area contributed by atoms with E-state index in [4.69, 9.17) is 0 Å². The Morgan fingerprint density at radius 1 is 0.862 bits per heavy atom. The smallest absolute Gasteiger partial charge is 0.0664 e. The Labute approximate surface area is 171 Å². The lowest BCUT2D eigenvalue weighted by atomic mass is 9.94. The lowest BCUT2D eigenvalue weighted by molar-refractivity contribution is 0.771. The highest BCUT2D eigenvalue weighted by Crippen LogP contribution is 2.35. The van der Waals surface area contributed by atoms with Crippen molar-refractivity contribution in [3.63, 3.8) is 0 Å². The Morgan fingerprint density at radius 2 is 1.59 bits per heavy atom. The van der Waals surface area contributed by atoms with Gasteiger partial charge >= 0.3 is 0 Å². The van der Waals surface area contributed by atoms with E-state index < -0.39 is 0 Å². The van der Waals surface area contributed by atoms with E-state index in [2.05, 4.69) is 83.6 Å². The fourth-order valence-corrected chi connectivity index (χ4v) is 4.43. The van der Waals surface area contributed by atoms with Crippen molar-refractivity contribution in [3.8, 4) is 22.4 Å². The molecule has 29 heavy (non-hydrogen) atoms. The van der Waals surface area contributed by atoms with Crippen molar-refractivity contribution in [2.75, 3.05) is 0 Å². The Hall–Kier alpha value is -3.20. The number of pyridine rings is 1. The number of aromatic nitrogens is 2. The highest BCUT2D eigenvalue weighted by atomic mass is 14.7. The van der Waals surface area contributed by atoms with Gasteiger partial charge in [0.25, 0.3) is 0 Å². The summed E-state index contributed by atoms with van der Waals surface area (Å²) in [5.74, 6) is 0.519. The van der Waals surface area contributed by atoms with Crippen LogP contribution in [0.2, 0.25) is 0 Å². The molecule has 3 heteroatoms. The molecular weight excluding hydrogens is 354 g/mol. The quantitative estimate of drug-likeness (QED) is 0.413. The molecule has 1 aliphatic rings. The van der Waals surface area contributed by atoms with Crippen LogP contribution in [0.25, 0.3) is 33.3 Å². The summed E-state index contributed by atoms with van der Waals surface area (Å²) in [6, 6.07) is 17.7. The third kappa shape index (κ3) is 3.17. The number of hydrogen-bond acceptors (Lipinski definition) is 2. The minimum atomic E-state index is 0.519. The van der Waals surface area contributed by atoms with E-state index in [-0.39, 0.29) is 0 Å². The van der Waals surface area contributed by atoms with E-state index in [1.807, 2.05) is 13.8 Å². The molecule has 0 spiro atoms. The number of aliphatic imine (C=N–C) groups is 1. The maximum atomic E-state index is 4.66. The third-order valence-electron chi connectivity index (χ3n) is 5.86. The summed E-state index contributed by atoms with van der Waals surface area (Å²) in [5.41, 5.74) is 11.8. The molecule has 144 valence electrons. The molecular formula is C26H25N3. The third-order valence-corrected chi connectivity index (χ3v) is 5.86. The van der Waals surface area contributed by atoms with Crippen molar-refractivity contribution in [1.82, 2.24) is 9.97 Å². The molecule has 4 aromatic rings. The van der Waals surface area contributed by atoms with E-state index in [1.165, 1.54) is 38.9 Å². The molecule has 1 unspecified atom stereocenters. The van der Waals surface area contributed by atoms with Crippen molar-refractivity contribution in [3.05, 3.63) is 71.0 Å². The zero-order valence-corrected chi connectivity index (χ0v) is 17.4. The first-order chi connectivity index (χ1) is 14.0. The van der Waals surface area contributed by atoms with E-state index in [9.17, 15) is 0 Å². The topological polar surface area (TPSA) is 41.0 Å². The molecule has 0 bridgehead atoms. The van der Waals surface area contributed by atoms with Crippen LogP contribution in [0.5, 0.6) is 0 Å². The maximum absolute atomic E-state index is 4.66. The maximum Gasteiger partial charge on any atom is 0.0664 e. The first kappa shape index (κ1) is 17.9. The number of hydrogen-bond donors (Lipinski definition) is 1. The van der Waals surface area contributed by atoms with Crippen molar-refractivity contribution in [2.24, 2.45) is 10.9 Å². The number of nitrogens with zero attached hydrogens (tertiary/aromatic N) is 2. The molecule has 0 radical (unpaired) electrons. The molecule has 0 fully saturated rings. The first-order valence-corrected chi connectivity index (χ1v) is 10.2. The summed E-state index contributed by atoms with van der Waals surface area (Å²) in [7, 11) is 0. The summed E-state index contributed by atoms with van der Waals surface area (Å²) in [6.07, 6.45) is 3.14. The second kappa shape index (κ2) is 6.70. The van der Waals surface area contributed by atoms with Crippen LogP contribution in [0, 0.1) is 26.7 Å². The first-order valence-electron chi connectivity index (χ1n) is 10.2. The van der Waals surface area contributed by atoms with Gasteiger partial charge in [0, 0.05) is 39.8 Å². The summed E-state index contributed by atoms with van der Waals surface area (Å²) >= 11 is 0. The number of fused-ring (bicyclic) bond motifs is 2. The molecule has 3 heterocycles. The van der Waals surface area contributed by atoms with Gasteiger partial charge in [0.1, 0.15) is 0 Å². The van der Waals surface area contributed by atoms with Gasteiger partial charge in [-0.25, -0.2) is 0 Å². The van der Waals surface area contributed by atoms with Crippen LogP contribution in [-0.4, -0.2) is 16.2 Å². The molecule has 0 saturated carbocycles. The zero-order valence-electron chi connectivity index (χ0n) is 17.4. The lowest BCUT2D eigenvalue weighted by Crippen LogP contribution is -2.05. The van der Waals surface area contributed by atoms with Crippen LogP contribution >= 0.6 is 0 Å². The van der Waals surface area contributed by atoms with Crippen LogP contribution in [0.1, 0.15) is 29.4 Å². The van der Waals surface area contributed by atoms with Crippen LogP contribution in [0.3, 0.4) is 0 Å². The predicted molar refractivity (Wildman–Crippen MR) is 122 cm³/mol. The summed E-state index contributed by atoms with van der Waals surface area (Å²) in [6.45, 7) is 8.50. The number of nitrogens with one attached hydrogen (secondary N) is 1. The largest absolute Gasteiger partial charge is 0.354 e. The SMILES string of the molecule is Cc1cc(-c2[nH]c3cc(-c4ccc5c(c4)N=CC(C)C5)ccc3c2C)cc(C)n1. The predicted octanol–water partition coefficient (Wildman–Crippen LogP) is 6.72. The van der Waals surface area contributed by atoms with Gasteiger partial charge in [-0.05, 0) is 79.6 Å². The number of rotatable bonds is 2. The average molecular weight is 380 g/mol. The average Bonchev–Trinajstić information content (AvgIpc) is 3.03. The monoisotopic (exact) mass is 379 g/mol. The van der Waals surface area contributed by atoms with E-state index in [1.54, 1.807) is 0 Å². The van der Waals surface area contributed by atoms with Crippen LogP contribution in [0.15, 0.2) is 53.5 Å². The molecule has 0 saturated heterocycles. The van der Waals surface area contributed by atoms with Gasteiger partial charge in [0.15, 0.2) is 0 Å². The van der Waals surface area contributed by atoms with Crippen molar-refractivity contribution in [1.29, 1.82) is 0 Å². The van der Waals surface area contributed by atoms with Gasteiger partial charge in [0.05, 0.1) is 5.69 Å². The lowest BCUT2D eigenvalue weighted by Gasteiger charge is -2.15. The van der Waals surface area contributed by atoms with E-state index in [0.717, 1.165) is 29.0 Å². The minimum Gasteiger partial charge on any atom is -0.354 e. The van der Waals surface area contributed by atoms with Crippen molar-refractivity contribution in [2.45, 2.75) is 34.1 Å². The number of H-pyrrole nitrogens is 1. The Morgan fingerprint density at radius 3 is 2.38 bits per heavy atom. The molecule has 1 atom stereocenters. The number of aromatic amines is 1. The van der Waals surface area contributed by atoms with Crippen LogP contribution in [-0.2, 0) is 6.42 Å². The summed E-state index contributed by atoms with van der Waals surface area (Å²) in [5, 5.41) is 1.26. The second-order valence-electron chi connectivity index (χ2n) is 8.33. The summed E-state index contributed by atoms with van der Waals surface area (Å²) in [4.78, 5) is 12.8. The molecule has 1 aliphatic heterocycles. The molecule has 3 nitrogen and oxygen atoms in total. The van der Waals surface area contributed by atoms with Gasteiger partial charge in [-0.3, -0.25) is 9.98 Å². The Balaban J connectivity index is 1.59. The fourth-order valence-electron chi connectivity index (χ4n) is 4.43. The van der Waals surface area contributed by atoms with Gasteiger partial charge in [-0.2, -0.15) is 0 Å². The molecule has 0 aliphatic carbocycles. The fraction of sp³-hybridized carbons (Fsp3) is 0.231. The highest BCUT2D eigenvalue weighted by Gasteiger charge is 2.14. The molecule has 2 aromatic carbocycles. The normalized spacial score (nSPS) is 15.7. The van der Waals surface area contributed by atoms with Crippen LogP contribution < -0.4 is 0 Å². The Kier molecular flexibility index (Phi) is 4.13. The van der Waals surface area contributed by atoms with Crippen LogP contribution in [0.4, 0.5) is 5.69 Å². The van der Waals surface area contributed by atoms with Crippen molar-refractivity contribution < 1.29 is 0 Å². The van der Waals surface area contributed by atoms with Gasteiger partial charge < -0.3 is 4.98 Å². The molecule has 5 rings (SSSR count). The minimum absolute atomic E-state index is 0.519. The van der Waals surface area contributed by atoms with Gasteiger partial charge in [0.2, 0.25) is 0 Å². The van der Waals surface area contributed by atoms with E-state index in [0.29, 0.717) is 5.92 Å². The van der Waals surface area contributed by atoms with E-state index >= 15 is 0 Å². The Bertz CT molecular complexity index is 1260.